The first-order valence-corrected chi connectivity index (χ1v) is 7.64. The Kier molecular flexibility index (Phi) is 3.07. The van der Waals surface area contributed by atoms with Gasteiger partial charge in [0.1, 0.15) is 0 Å². The first-order valence-electron chi connectivity index (χ1n) is 7.26. The maximum atomic E-state index is 12.5. The van der Waals surface area contributed by atoms with E-state index in [1.807, 2.05) is 0 Å². The molecule has 0 radical (unpaired) electrons. The van der Waals surface area contributed by atoms with Crippen LogP contribution >= 0.6 is 11.6 Å². The predicted molar refractivity (Wildman–Crippen MR) is 77.9 cm³/mol. The summed E-state index contributed by atoms with van der Waals surface area (Å²) in [4.78, 5) is 24.5. The van der Waals surface area contributed by atoms with E-state index >= 15 is 0 Å². The zero-order valence-corrected chi connectivity index (χ0v) is 12.4. The minimum Gasteiger partial charge on any atom is -0.294 e. The summed E-state index contributed by atoms with van der Waals surface area (Å²) in [6, 6.07) is 4.96. The van der Waals surface area contributed by atoms with Gasteiger partial charge in [0.05, 0.1) is 5.02 Å². The third kappa shape index (κ3) is 2.33. The number of rotatable bonds is 5. The van der Waals surface area contributed by atoms with Gasteiger partial charge in [-0.2, -0.15) is 5.21 Å². The highest BCUT2D eigenvalue weighted by atomic mass is 35.5. The SMILES string of the molecule is O=C(c1ccc(C(=O)[C@H]2C[C@@H]2c2nn[nH]n2)cc1Cl)C1CC1. The molecule has 0 bridgehead atoms. The molecular formula is C15H13ClN4O2. The summed E-state index contributed by atoms with van der Waals surface area (Å²) in [5, 5.41) is 14.1. The number of ketones is 2. The second kappa shape index (κ2) is 4.98. The lowest BCUT2D eigenvalue weighted by Crippen LogP contribution is -2.07. The van der Waals surface area contributed by atoms with Gasteiger partial charge >= 0.3 is 0 Å². The molecule has 1 heterocycles. The van der Waals surface area contributed by atoms with Gasteiger partial charge in [-0.05, 0) is 31.4 Å². The predicted octanol–water partition coefficient (Wildman–Crippen LogP) is 2.43. The van der Waals surface area contributed by atoms with E-state index in [2.05, 4.69) is 20.6 Å². The Morgan fingerprint density at radius 2 is 2.05 bits per heavy atom. The summed E-state index contributed by atoms with van der Waals surface area (Å²) < 4.78 is 0. The second-order valence-corrected chi connectivity index (χ2v) is 6.32. The molecule has 2 aliphatic carbocycles. The molecule has 2 aliphatic rings. The Morgan fingerprint density at radius 1 is 1.23 bits per heavy atom. The van der Waals surface area contributed by atoms with Crippen molar-refractivity contribution in [1.29, 1.82) is 0 Å². The Morgan fingerprint density at radius 3 is 2.68 bits per heavy atom. The molecule has 0 spiro atoms. The van der Waals surface area contributed by atoms with E-state index in [9.17, 15) is 9.59 Å². The van der Waals surface area contributed by atoms with Crippen LogP contribution in [0.1, 0.15) is 51.7 Å². The van der Waals surface area contributed by atoms with Gasteiger partial charge in [0.15, 0.2) is 17.4 Å². The molecule has 1 N–H and O–H groups in total. The largest absolute Gasteiger partial charge is 0.294 e. The highest BCUT2D eigenvalue weighted by molar-refractivity contribution is 6.34. The van der Waals surface area contributed by atoms with E-state index in [-0.39, 0.29) is 29.3 Å². The fourth-order valence-corrected chi connectivity index (χ4v) is 3.02. The molecule has 2 fully saturated rings. The van der Waals surface area contributed by atoms with E-state index in [0.717, 1.165) is 19.3 Å². The Hall–Kier alpha value is -2.08. The van der Waals surface area contributed by atoms with Crippen molar-refractivity contribution in [2.24, 2.45) is 11.8 Å². The van der Waals surface area contributed by atoms with Gasteiger partial charge in [-0.3, -0.25) is 9.59 Å². The molecule has 112 valence electrons. The quantitative estimate of drug-likeness (QED) is 0.856. The Bertz CT molecular complexity index is 755. The minimum absolute atomic E-state index is 0.0159. The summed E-state index contributed by atoms with van der Waals surface area (Å²) in [5.41, 5.74) is 1.06. The van der Waals surface area contributed by atoms with Gasteiger partial charge in [0, 0.05) is 28.9 Å². The van der Waals surface area contributed by atoms with Crippen molar-refractivity contribution in [2.75, 3.05) is 0 Å². The number of aromatic amines is 1. The molecule has 0 amide bonds. The molecule has 22 heavy (non-hydrogen) atoms. The molecule has 2 atom stereocenters. The maximum Gasteiger partial charge on any atom is 0.178 e. The number of nitrogens with one attached hydrogen (secondary N) is 1. The lowest BCUT2D eigenvalue weighted by molar-refractivity contribution is 0.0955. The number of aromatic nitrogens is 4. The van der Waals surface area contributed by atoms with E-state index in [4.69, 9.17) is 11.6 Å². The molecule has 4 rings (SSSR count). The zero-order chi connectivity index (χ0) is 15.3. The summed E-state index contributed by atoms with van der Waals surface area (Å²) in [7, 11) is 0. The van der Waals surface area contributed by atoms with Crippen molar-refractivity contribution in [3.8, 4) is 0 Å². The number of Topliss-reactive ketones (excluding diaryl/α,β-unsaturated/α-hetero) is 2. The first kappa shape index (κ1) is 13.6. The van der Waals surface area contributed by atoms with E-state index < -0.39 is 0 Å². The van der Waals surface area contributed by atoms with Crippen LogP contribution in [0.15, 0.2) is 18.2 Å². The van der Waals surface area contributed by atoms with Crippen LogP contribution in [0.3, 0.4) is 0 Å². The normalized spacial score (nSPS) is 23.3. The molecule has 0 aliphatic heterocycles. The second-order valence-electron chi connectivity index (χ2n) is 5.92. The van der Waals surface area contributed by atoms with E-state index in [1.165, 1.54) is 0 Å². The average Bonchev–Trinajstić information content (AvgIpc) is 3.45. The number of hydrogen-bond acceptors (Lipinski definition) is 5. The van der Waals surface area contributed by atoms with Crippen LogP contribution in [0.5, 0.6) is 0 Å². The van der Waals surface area contributed by atoms with E-state index in [0.29, 0.717) is 22.0 Å². The van der Waals surface area contributed by atoms with Crippen molar-refractivity contribution < 1.29 is 9.59 Å². The van der Waals surface area contributed by atoms with Gasteiger partial charge < -0.3 is 0 Å². The number of nitrogens with zero attached hydrogens (tertiary/aromatic N) is 3. The number of carbonyl (C=O) groups excluding carboxylic acids is 2. The maximum absolute atomic E-state index is 12.5. The minimum atomic E-state index is -0.126. The number of carbonyl (C=O) groups is 2. The van der Waals surface area contributed by atoms with Crippen LogP contribution in [-0.2, 0) is 0 Å². The number of hydrogen-bond donors (Lipinski definition) is 1. The Balaban J connectivity index is 1.52. The van der Waals surface area contributed by atoms with Crippen LogP contribution in [-0.4, -0.2) is 32.2 Å². The Labute approximate surface area is 131 Å². The molecule has 0 unspecified atom stereocenters. The standard InChI is InChI=1S/C15H13ClN4O2/c16-12-5-8(3-4-9(12)13(21)7-1-2-7)14(22)10-6-11(10)15-17-19-20-18-15/h3-5,7,10-11H,1-2,6H2,(H,17,18,19,20)/t10-,11-/m0/s1. The van der Waals surface area contributed by atoms with E-state index in [1.54, 1.807) is 18.2 Å². The van der Waals surface area contributed by atoms with Gasteiger partial charge in [0.25, 0.3) is 0 Å². The zero-order valence-electron chi connectivity index (χ0n) is 11.6. The highest BCUT2D eigenvalue weighted by Crippen LogP contribution is 2.47. The molecule has 7 heteroatoms. The molecule has 0 saturated heterocycles. The first-order chi connectivity index (χ1) is 10.6. The highest BCUT2D eigenvalue weighted by Gasteiger charge is 2.46. The third-order valence-corrected chi connectivity index (χ3v) is 4.60. The number of benzene rings is 1. The lowest BCUT2D eigenvalue weighted by Gasteiger charge is -2.05. The van der Waals surface area contributed by atoms with Crippen molar-refractivity contribution in [3.63, 3.8) is 0 Å². The number of tetrazole rings is 1. The van der Waals surface area contributed by atoms with Crippen molar-refractivity contribution >= 4 is 23.2 Å². The third-order valence-electron chi connectivity index (χ3n) is 4.29. The topological polar surface area (TPSA) is 88.6 Å². The van der Waals surface area contributed by atoms with Gasteiger partial charge in [0.2, 0.25) is 0 Å². The monoisotopic (exact) mass is 316 g/mol. The average molecular weight is 317 g/mol. The molecular weight excluding hydrogens is 304 g/mol. The smallest absolute Gasteiger partial charge is 0.178 e. The summed E-state index contributed by atoms with van der Waals surface area (Å²) in [5.74, 6) is 0.689. The summed E-state index contributed by atoms with van der Waals surface area (Å²) in [6.07, 6.45) is 2.59. The van der Waals surface area contributed by atoms with Crippen LogP contribution < -0.4 is 0 Å². The number of H-pyrrole nitrogens is 1. The molecule has 2 aromatic rings. The fraction of sp³-hybridized carbons (Fsp3) is 0.400. The molecule has 1 aromatic carbocycles. The summed E-state index contributed by atoms with van der Waals surface area (Å²) in [6.45, 7) is 0. The van der Waals surface area contributed by atoms with Gasteiger partial charge in [-0.15, -0.1) is 10.2 Å². The molecule has 1 aromatic heterocycles. The fourth-order valence-electron chi connectivity index (χ4n) is 2.74. The van der Waals surface area contributed by atoms with Gasteiger partial charge in [-0.1, -0.05) is 22.9 Å². The lowest BCUT2D eigenvalue weighted by atomic mass is 10.0. The molecule has 6 nitrogen and oxygen atoms in total. The van der Waals surface area contributed by atoms with Crippen LogP contribution in [0.2, 0.25) is 5.02 Å². The van der Waals surface area contributed by atoms with Crippen molar-refractivity contribution in [1.82, 2.24) is 20.6 Å². The molecule has 2 saturated carbocycles. The number of halogens is 1. The van der Waals surface area contributed by atoms with Crippen LogP contribution in [0.4, 0.5) is 0 Å². The van der Waals surface area contributed by atoms with Gasteiger partial charge in [-0.25, -0.2) is 0 Å². The van der Waals surface area contributed by atoms with Crippen molar-refractivity contribution in [2.45, 2.75) is 25.2 Å². The van der Waals surface area contributed by atoms with Crippen LogP contribution in [0.25, 0.3) is 0 Å². The van der Waals surface area contributed by atoms with Crippen molar-refractivity contribution in [3.05, 3.63) is 40.2 Å². The summed E-state index contributed by atoms with van der Waals surface area (Å²) >= 11 is 6.19. The van der Waals surface area contributed by atoms with Crippen LogP contribution in [0, 0.1) is 11.8 Å².